The molecule has 3 heteroatoms. The van der Waals surface area contributed by atoms with Crippen molar-refractivity contribution in [3.8, 4) is 12.1 Å². The van der Waals surface area contributed by atoms with E-state index in [0.717, 1.165) is 0 Å². The van der Waals surface area contributed by atoms with Crippen LogP contribution in [0.4, 0.5) is 5.69 Å². The summed E-state index contributed by atoms with van der Waals surface area (Å²) in [7, 11) is 1.93. The third kappa shape index (κ3) is 4.79. The molecule has 0 aliphatic heterocycles. The standard InChI is InChI=1S/C8H11N.C3H2N2/c1-7-5-3-4-6-8(7)9-2;4-2-1-3-5/h3-6,9H,1-2H3;1H2. The number of hydrogen-bond donors (Lipinski definition) is 1. The van der Waals surface area contributed by atoms with Gasteiger partial charge in [-0.25, -0.2) is 0 Å². The van der Waals surface area contributed by atoms with Crippen LogP contribution < -0.4 is 5.32 Å². The van der Waals surface area contributed by atoms with Crippen molar-refractivity contribution in [3.63, 3.8) is 0 Å². The van der Waals surface area contributed by atoms with Crippen LogP contribution >= 0.6 is 0 Å². The van der Waals surface area contributed by atoms with Crippen LogP contribution in [-0.2, 0) is 0 Å². The maximum absolute atomic E-state index is 7.59. The molecule has 0 radical (unpaired) electrons. The summed E-state index contributed by atoms with van der Waals surface area (Å²) in [6, 6.07) is 11.5. The van der Waals surface area contributed by atoms with Gasteiger partial charge in [0.1, 0.15) is 6.42 Å². The van der Waals surface area contributed by atoms with Gasteiger partial charge in [0.15, 0.2) is 0 Å². The first-order chi connectivity index (χ1) is 6.76. The minimum absolute atomic E-state index is 0. The third-order valence-corrected chi connectivity index (χ3v) is 1.57. The second kappa shape index (κ2) is 7.64. The summed E-state index contributed by atoms with van der Waals surface area (Å²) < 4.78 is 0. The number of aryl methyl sites for hydroxylation is 1. The van der Waals surface area contributed by atoms with Gasteiger partial charge in [0, 0.05) is 12.7 Å². The van der Waals surface area contributed by atoms with E-state index in [4.69, 9.17) is 10.5 Å². The molecule has 0 amide bonds. The van der Waals surface area contributed by atoms with E-state index in [0.29, 0.717) is 0 Å². The lowest BCUT2D eigenvalue weighted by Crippen LogP contribution is -1.89. The van der Waals surface area contributed by atoms with Gasteiger partial charge in [-0.15, -0.1) is 0 Å². The van der Waals surface area contributed by atoms with E-state index >= 15 is 0 Å². The first kappa shape index (κ1) is 12.0. The molecule has 1 aromatic carbocycles. The zero-order chi connectivity index (χ0) is 10.8. The number of nitrogens with one attached hydrogen (secondary N) is 1. The van der Waals surface area contributed by atoms with Gasteiger partial charge in [0.05, 0.1) is 12.1 Å². The first-order valence-electron chi connectivity index (χ1n) is 4.23. The number of rotatable bonds is 1. The molecule has 0 spiro atoms. The van der Waals surface area contributed by atoms with Gasteiger partial charge in [-0.05, 0) is 18.6 Å². The molecule has 1 aromatic rings. The van der Waals surface area contributed by atoms with E-state index < -0.39 is 0 Å². The molecule has 0 atom stereocenters. The van der Waals surface area contributed by atoms with E-state index in [1.165, 1.54) is 11.3 Å². The molecule has 0 fully saturated rings. The third-order valence-electron chi connectivity index (χ3n) is 1.57. The molecule has 0 heterocycles. The summed E-state index contributed by atoms with van der Waals surface area (Å²) in [4.78, 5) is 0. The van der Waals surface area contributed by atoms with Crippen LogP contribution in [0.5, 0.6) is 0 Å². The van der Waals surface area contributed by atoms with Gasteiger partial charge in [-0.1, -0.05) is 18.2 Å². The minimum atomic E-state index is 0. The van der Waals surface area contributed by atoms with E-state index in [1.807, 2.05) is 19.2 Å². The van der Waals surface area contributed by atoms with Crippen molar-refractivity contribution < 1.29 is 0 Å². The van der Waals surface area contributed by atoms with Gasteiger partial charge >= 0.3 is 0 Å². The zero-order valence-electron chi connectivity index (χ0n) is 8.41. The molecule has 72 valence electrons. The van der Waals surface area contributed by atoms with E-state index in [-0.39, 0.29) is 6.42 Å². The van der Waals surface area contributed by atoms with Crippen LogP contribution in [0.1, 0.15) is 12.0 Å². The Morgan fingerprint density at radius 3 is 2.07 bits per heavy atom. The molecule has 0 aliphatic rings. The molecular weight excluding hydrogens is 174 g/mol. The fourth-order valence-electron chi connectivity index (χ4n) is 0.889. The predicted molar refractivity (Wildman–Crippen MR) is 56.6 cm³/mol. The van der Waals surface area contributed by atoms with Crippen LogP contribution in [-0.4, -0.2) is 7.05 Å². The average molecular weight is 187 g/mol. The molecule has 1 N–H and O–H groups in total. The lowest BCUT2D eigenvalue weighted by molar-refractivity contribution is 1.33. The largest absolute Gasteiger partial charge is 0.388 e. The number of para-hydroxylation sites is 1. The van der Waals surface area contributed by atoms with Crippen LogP contribution in [0, 0.1) is 29.6 Å². The van der Waals surface area contributed by atoms with Crippen molar-refractivity contribution in [3.05, 3.63) is 29.8 Å². The smallest absolute Gasteiger partial charge is 0.122 e. The summed E-state index contributed by atoms with van der Waals surface area (Å²) in [5.41, 5.74) is 2.50. The van der Waals surface area contributed by atoms with Crippen LogP contribution in [0.3, 0.4) is 0 Å². The molecule has 1 rings (SSSR count). The van der Waals surface area contributed by atoms with Crippen LogP contribution in [0.15, 0.2) is 24.3 Å². The van der Waals surface area contributed by atoms with Crippen molar-refractivity contribution in [2.24, 2.45) is 0 Å². The molecular formula is C11H13N3. The Balaban J connectivity index is 0.000000292. The summed E-state index contributed by atoms with van der Waals surface area (Å²) >= 11 is 0. The van der Waals surface area contributed by atoms with Gasteiger partial charge in [0.2, 0.25) is 0 Å². The number of hydrogen-bond acceptors (Lipinski definition) is 3. The Morgan fingerprint density at radius 1 is 1.21 bits per heavy atom. The first-order valence-corrected chi connectivity index (χ1v) is 4.23. The van der Waals surface area contributed by atoms with Crippen molar-refractivity contribution in [1.82, 2.24) is 0 Å². The SMILES string of the molecule is CNc1ccccc1C.N#CCC#N. The number of anilines is 1. The fraction of sp³-hybridized carbons (Fsp3) is 0.273. The normalized spacial score (nSPS) is 7.43. The molecule has 0 aromatic heterocycles. The Hall–Kier alpha value is -2.00. The maximum Gasteiger partial charge on any atom is 0.122 e. The van der Waals surface area contributed by atoms with Crippen LogP contribution in [0.2, 0.25) is 0 Å². The topological polar surface area (TPSA) is 59.6 Å². The van der Waals surface area contributed by atoms with E-state index in [1.54, 1.807) is 12.1 Å². The van der Waals surface area contributed by atoms with E-state index in [2.05, 4.69) is 24.4 Å². The Bertz CT molecular complexity index is 332. The summed E-state index contributed by atoms with van der Waals surface area (Å²) in [6.07, 6.45) is 0. The van der Waals surface area contributed by atoms with Crippen molar-refractivity contribution in [2.75, 3.05) is 12.4 Å². The van der Waals surface area contributed by atoms with Crippen LogP contribution in [0.25, 0.3) is 0 Å². The summed E-state index contributed by atoms with van der Waals surface area (Å²) in [5, 5.41) is 18.3. The lowest BCUT2D eigenvalue weighted by atomic mass is 10.2. The Kier molecular flexibility index (Phi) is 6.55. The predicted octanol–water partition coefficient (Wildman–Crippen LogP) is 2.46. The lowest BCUT2D eigenvalue weighted by Gasteiger charge is -2.01. The molecule has 14 heavy (non-hydrogen) atoms. The van der Waals surface area contributed by atoms with Gasteiger partial charge < -0.3 is 5.32 Å². The van der Waals surface area contributed by atoms with Crippen molar-refractivity contribution in [1.29, 1.82) is 10.5 Å². The maximum atomic E-state index is 7.59. The minimum Gasteiger partial charge on any atom is -0.388 e. The Labute approximate surface area is 84.6 Å². The Morgan fingerprint density at radius 2 is 1.79 bits per heavy atom. The highest BCUT2D eigenvalue weighted by molar-refractivity contribution is 5.49. The molecule has 0 saturated heterocycles. The van der Waals surface area contributed by atoms with Gasteiger partial charge in [-0.2, -0.15) is 10.5 Å². The highest BCUT2D eigenvalue weighted by Gasteiger charge is 1.88. The molecule has 0 aliphatic carbocycles. The molecule has 0 bridgehead atoms. The van der Waals surface area contributed by atoms with E-state index in [9.17, 15) is 0 Å². The fourth-order valence-corrected chi connectivity index (χ4v) is 0.889. The second-order valence-corrected chi connectivity index (χ2v) is 2.56. The highest BCUT2D eigenvalue weighted by Crippen LogP contribution is 2.10. The molecule has 0 unspecified atom stereocenters. The quantitative estimate of drug-likeness (QED) is 0.734. The van der Waals surface area contributed by atoms with Crippen molar-refractivity contribution >= 4 is 5.69 Å². The summed E-state index contributed by atoms with van der Waals surface area (Å²) in [5.74, 6) is 0. The molecule has 0 saturated carbocycles. The monoisotopic (exact) mass is 187 g/mol. The van der Waals surface area contributed by atoms with Gasteiger partial charge in [-0.3, -0.25) is 0 Å². The highest BCUT2D eigenvalue weighted by atomic mass is 14.8. The zero-order valence-corrected chi connectivity index (χ0v) is 8.41. The van der Waals surface area contributed by atoms with Gasteiger partial charge in [0.25, 0.3) is 0 Å². The number of benzene rings is 1. The molecule has 3 nitrogen and oxygen atoms in total. The average Bonchev–Trinajstić information content (AvgIpc) is 2.21. The second-order valence-electron chi connectivity index (χ2n) is 2.56. The van der Waals surface area contributed by atoms with Crippen molar-refractivity contribution in [2.45, 2.75) is 13.3 Å². The number of nitriles is 2. The number of nitrogens with zero attached hydrogens (tertiary/aromatic N) is 2. The summed E-state index contributed by atoms with van der Waals surface area (Å²) in [6.45, 7) is 2.09.